The van der Waals surface area contributed by atoms with Gasteiger partial charge in [0.25, 0.3) is 5.91 Å². The number of rotatable bonds is 6. The molecular formula is C24H21N3O2S2. The number of carbonyl (C=O) groups is 2. The van der Waals surface area contributed by atoms with Crippen molar-refractivity contribution in [3.63, 3.8) is 0 Å². The monoisotopic (exact) mass is 447 g/mol. The first-order valence-electron chi connectivity index (χ1n) is 9.75. The molecule has 0 spiro atoms. The molecule has 5 nitrogen and oxygen atoms in total. The molecule has 0 bridgehead atoms. The van der Waals surface area contributed by atoms with Gasteiger partial charge < -0.3 is 5.32 Å². The van der Waals surface area contributed by atoms with Crippen LogP contribution in [-0.4, -0.2) is 16.8 Å². The van der Waals surface area contributed by atoms with Crippen LogP contribution >= 0.6 is 22.7 Å². The van der Waals surface area contributed by atoms with E-state index >= 15 is 0 Å². The summed E-state index contributed by atoms with van der Waals surface area (Å²) in [6.07, 6.45) is 0. The third-order valence-electron chi connectivity index (χ3n) is 4.75. The molecule has 4 rings (SSSR count). The zero-order chi connectivity index (χ0) is 21.8. The number of anilines is 1. The van der Waals surface area contributed by atoms with Gasteiger partial charge in [-0.3, -0.25) is 14.9 Å². The molecule has 0 saturated heterocycles. The molecule has 2 aromatic carbocycles. The van der Waals surface area contributed by atoms with E-state index in [9.17, 15) is 9.59 Å². The second-order valence-corrected chi connectivity index (χ2v) is 8.90. The summed E-state index contributed by atoms with van der Waals surface area (Å²) in [5.74, 6) is -0.211. The quantitative estimate of drug-likeness (QED) is 0.396. The third kappa shape index (κ3) is 5.07. The largest absolute Gasteiger partial charge is 0.352 e. The number of benzene rings is 2. The Morgan fingerprint density at radius 1 is 0.935 bits per heavy atom. The maximum absolute atomic E-state index is 12.9. The van der Waals surface area contributed by atoms with Crippen molar-refractivity contribution in [2.24, 2.45) is 0 Å². The Labute approximate surface area is 188 Å². The van der Waals surface area contributed by atoms with E-state index in [4.69, 9.17) is 0 Å². The minimum absolute atomic E-state index is 0.0553. The van der Waals surface area contributed by atoms with Crippen molar-refractivity contribution in [3.05, 3.63) is 81.4 Å². The van der Waals surface area contributed by atoms with Gasteiger partial charge in [0, 0.05) is 30.0 Å². The van der Waals surface area contributed by atoms with E-state index in [2.05, 4.69) is 15.6 Å². The zero-order valence-electron chi connectivity index (χ0n) is 17.1. The summed E-state index contributed by atoms with van der Waals surface area (Å²) >= 11 is 2.82. The molecule has 31 heavy (non-hydrogen) atoms. The Kier molecular flexibility index (Phi) is 6.25. The molecule has 0 radical (unpaired) electrons. The maximum Gasteiger partial charge on any atom is 0.268 e. The first-order valence-corrected chi connectivity index (χ1v) is 11.5. The van der Waals surface area contributed by atoms with Crippen molar-refractivity contribution >= 4 is 39.6 Å². The van der Waals surface area contributed by atoms with Crippen molar-refractivity contribution in [2.75, 3.05) is 5.32 Å². The summed E-state index contributed by atoms with van der Waals surface area (Å²) < 4.78 is 0. The van der Waals surface area contributed by atoms with Crippen molar-refractivity contribution in [2.45, 2.75) is 20.4 Å². The first-order chi connectivity index (χ1) is 15.0. The number of amides is 2. The molecule has 156 valence electrons. The molecule has 0 aliphatic carbocycles. The van der Waals surface area contributed by atoms with E-state index in [1.165, 1.54) is 35.2 Å². The van der Waals surface area contributed by atoms with Gasteiger partial charge in [-0.1, -0.05) is 54.1 Å². The Morgan fingerprint density at radius 3 is 2.35 bits per heavy atom. The number of nitrogens with one attached hydrogen (secondary N) is 2. The van der Waals surface area contributed by atoms with E-state index in [1.807, 2.05) is 72.3 Å². The molecule has 0 atom stereocenters. The fraction of sp³-hybridized carbons (Fsp3) is 0.125. The average Bonchev–Trinajstić information content (AvgIpc) is 3.43. The average molecular weight is 448 g/mol. The lowest BCUT2D eigenvalue weighted by molar-refractivity contribution is -0.119. The van der Waals surface area contributed by atoms with Gasteiger partial charge in [0.05, 0.1) is 5.69 Å². The lowest BCUT2D eigenvalue weighted by atomic mass is 10.0. The van der Waals surface area contributed by atoms with Gasteiger partial charge in [-0.2, -0.15) is 0 Å². The predicted octanol–water partition coefficient (Wildman–Crippen LogP) is 5.74. The summed E-state index contributed by atoms with van der Waals surface area (Å²) in [5.41, 5.74) is 5.91. The van der Waals surface area contributed by atoms with Crippen LogP contribution in [0.15, 0.2) is 65.4 Å². The molecule has 0 unspecified atom stereocenters. The van der Waals surface area contributed by atoms with Crippen LogP contribution in [0.4, 0.5) is 5.13 Å². The van der Waals surface area contributed by atoms with Gasteiger partial charge >= 0.3 is 0 Å². The van der Waals surface area contributed by atoms with Crippen LogP contribution in [0.2, 0.25) is 0 Å². The number of thiophene rings is 1. The standard InChI is InChI=1S/C24H21N3O2S2/c1-15-3-7-18(8-4-15)20-11-12-30-22(20)23(29)27-24-26-21(14-31-24)19-9-5-17(6-10-19)13-25-16(2)28/h3-12,14H,13H2,1-2H3,(H,25,28)(H,26,27,29). The molecular weight excluding hydrogens is 426 g/mol. The molecule has 2 aromatic heterocycles. The molecule has 0 saturated carbocycles. The predicted molar refractivity (Wildman–Crippen MR) is 128 cm³/mol. The van der Waals surface area contributed by atoms with Crippen LogP contribution in [-0.2, 0) is 11.3 Å². The van der Waals surface area contributed by atoms with E-state index in [0.717, 1.165) is 27.9 Å². The van der Waals surface area contributed by atoms with Crippen LogP contribution in [0, 0.1) is 6.92 Å². The number of aromatic nitrogens is 1. The van der Waals surface area contributed by atoms with Gasteiger partial charge in [-0.05, 0) is 29.5 Å². The van der Waals surface area contributed by atoms with Gasteiger partial charge in [0.1, 0.15) is 4.88 Å². The second-order valence-electron chi connectivity index (χ2n) is 7.13. The van der Waals surface area contributed by atoms with Gasteiger partial charge in [0.2, 0.25) is 5.91 Å². The van der Waals surface area contributed by atoms with Gasteiger partial charge in [-0.25, -0.2) is 4.98 Å². The van der Waals surface area contributed by atoms with Crippen LogP contribution in [0.25, 0.3) is 22.4 Å². The fourth-order valence-corrected chi connectivity index (χ4v) is 4.61. The van der Waals surface area contributed by atoms with Crippen molar-refractivity contribution in [1.82, 2.24) is 10.3 Å². The minimum Gasteiger partial charge on any atom is -0.352 e. The number of aryl methyl sites for hydroxylation is 1. The minimum atomic E-state index is -0.155. The lowest BCUT2D eigenvalue weighted by Crippen LogP contribution is -2.18. The van der Waals surface area contributed by atoms with Crippen LogP contribution in [0.1, 0.15) is 27.7 Å². The maximum atomic E-state index is 12.9. The molecule has 0 fully saturated rings. The summed E-state index contributed by atoms with van der Waals surface area (Å²) in [5, 5.41) is 10.1. The summed E-state index contributed by atoms with van der Waals surface area (Å²) in [6, 6.07) is 18.0. The number of hydrogen-bond acceptors (Lipinski definition) is 5. The van der Waals surface area contributed by atoms with E-state index < -0.39 is 0 Å². The van der Waals surface area contributed by atoms with E-state index in [0.29, 0.717) is 16.6 Å². The molecule has 7 heteroatoms. The van der Waals surface area contributed by atoms with Crippen LogP contribution in [0.5, 0.6) is 0 Å². The van der Waals surface area contributed by atoms with Crippen LogP contribution < -0.4 is 10.6 Å². The van der Waals surface area contributed by atoms with Crippen LogP contribution in [0.3, 0.4) is 0 Å². The fourth-order valence-electron chi connectivity index (χ4n) is 3.08. The molecule has 2 amide bonds. The number of nitrogens with zero attached hydrogens (tertiary/aromatic N) is 1. The SMILES string of the molecule is CC(=O)NCc1ccc(-c2csc(NC(=O)c3sccc3-c3ccc(C)cc3)n2)cc1. The Balaban J connectivity index is 1.46. The number of carbonyl (C=O) groups excluding carboxylic acids is 2. The zero-order valence-corrected chi connectivity index (χ0v) is 18.8. The molecule has 4 aromatic rings. The number of thiazole rings is 1. The Hall–Kier alpha value is -3.29. The second kappa shape index (κ2) is 9.24. The van der Waals surface area contributed by atoms with Crippen molar-refractivity contribution in [3.8, 4) is 22.4 Å². The van der Waals surface area contributed by atoms with Gasteiger partial charge in [0.15, 0.2) is 5.13 Å². The highest BCUT2D eigenvalue weighted by Crippen LogP contribution is 2.30. The highest BCUT2D eigenvalue weighted by atomic mass is 32.1. The Bertz CT molecular complexity index is 1210. The third-order valence-corrected chi connectivity index (χ3v) is 6.42. The van der Waals surface area contributed by atoms with E-state index in [1.54, 1.807) is 0 Å². The molecule has 0 aliphatic rings. The van der Waals surface area contributed by atoms with Gasteiger partial charge in [-0.15, -0.1) is 22.7 Å². The lowest BCUT2D eigenvalue weighted by Gasteiger charge is -2.05. The van der Waals surface area contributed by atoms with Crippen molar-refractivity contribution in [1.29, 1.82) is 0 Å². The van der Waals surface area contributed by atoms with E-state index in [-0.39, 0.29) is 11.8 Å². The number of hydrogen-bond donors (Lipinski definition) is 2. The summed E-state index contributed by atoms with van der Waals surface area (Å²) in [4.78, 5) is 29.2. The summed E-state index contributed by atoms with van der Waals surface area (Å²) in [6.45, 7) is 4.04. The van der Waals surface area contributed by atoms with Crippen molar-refractivity contribution < 1.29 is 9.59 Å². The first kappa shape index (κ1) is 21.0. The highest BCUT2D eigenvalue weighted by molar-refractivity contribution is 7.15. The smallest absolute Gasteiger partial charge is 0.268 e. The topological polar surface area (TPSA) is 71.1 Å². The Morgan fingerprint density at radius 2 is 1.65 bits per heavy atom. The molecule has 2 N–H and O–H groups in total. The highest BCUT2D eigenvalue weighted by Gasteiger charge is 2.16. The molecule has 0 aliphatic heterocycles. The summed E-state index contributed by atoms with van der Waals surface area (Å²) in [7, 11) is 0. The normalized spacial score (nSPS) is 10.6. The molecule has 2 heterocycles.